The summed E-state index contributed by atoms with van der Waals surface area (Å²) in [6.07, 6.45) is 3.51. The minimum Gasteiger partial charge on any atom is -0.393 e. The van der Waals surface area contributed by atoms with E-state index in [4.69, 9.17) is 0 Å². The van der Waals surface area contributed by atoms with Gasteiger partial charge in [0.1, 0.15) is 0 Å². The van der Waals surface area contributed by atoms with Crippen molar-refractivity contribution in [2.75, 3.05) is 0 Å². The smallest absolute Gasteiger partial charge is 0.0785 e. The Kier molecular flexibility index (Phi) is 4.61. The molecule has 0 bridgehead atoms. The number of hydrogen-bond acceptors (Lipinski definition) is 3. The average molecular weight is 263 g/mol. The predicted molar refractivity (Wildman–Crippen MR) is 76.9 cm³/mol. The fourth-order valence-corrected chi connectivity index (χ4v) is 2.83. The van der Waals surface area contributed by atoms with Crippen LogP contribution in [0.2, 0.25) is 0 Å². The Morgan fingerprint density at radius 3 is 2.21 bits per heavy atom. The third kappa shape index (κ3) is 4.03. The highest BCUT2D eigenvalue weighted by Crippen LogP contribution is 2.28. The Balaban J connectivity index is 2.07. The second kappa shape index (κ2) is 6.04. The van der Waals surface area contributed by atoms with Crippen LogP contribution in [0.15, 0.2) is 30.3 Å². The van der Waals surface area contributed by atoms with E-state index in [1.54, 1.807) is 0 Å². The van der Waals surface area contributed by atoms with Crippen molar-refractivity contribution in [3.63, 3.8) is 0 Å². The molecule has 0 heterocycles. The molecule has 0 unspecified atom stereocenters. The van der Waals surface area contributed by atoms with Gasteiger partial charge in [0.05, 0.1) is 17.7 Å². The highest BCUT2D eigenvalue weighted by molar-refractivity contribution is 5.21. The summed E-state index contributed by atoms with van der Waals surface area (Å²) < 4.78 is 0. The van der Waals surface area contributed by atoms with Crippen molar-refractivity contribution in [3.8, 4) is 0 Å². The first-order chi connectivity index (χ1) is 8.97. The monoisotopic (exact) mass is 263 g/mol. The topological polar surface area (TPSA) is 52.5 Å². The zero-order chi connectivity index (χ0) is 13.9. The van der Waals surface area contributed by atoms with Gasteiger partial charge in [-0.3, -0.25) is 0 Å². The van der Waals surface area contributed by atoms with Crippen molar-refractivity contribution >= 4 is 0 Å². The number of benzene rings is 1. The van der Waals surface area contributed by atoms with Crippen LogP contribution in [0.5, 0.6) is 0 Å². The number of hydrogen-bond donors (Lipinski definition) is 3. The molecule has 3 nitrogen and oxygen atoms in total. The van der Waals surface area contributed by atoms with E-state index in [-0.39, 0.29) is 12.1 Å². The van der Waals surface area contributed by atoms with Gasteiger partial charge in [0.25, 0.3) is 0 Å². The van der Waals surface area contributed by atoms with Crippen LogP contribution in [0.4, 0.5) is 0 Å². The van der Waals surface area contributed by atoms with E-state index in [1.165, 1.54) is 0 Å². The summed E-state index contributed by atoms with van der Waals surface area (Å²) in [4.78, 5) is 0. The molecule has 0 radical (unpaired) electrons. The van der Waals surface area contributed by atoms with E-state index < -0.39 is 5.60 Å². The molecule has 0 amide bonds. The summed E-state index contributed by atoms with van der Waals surface area (Å²) in [6.45, 7) is 3.69. The quantitative estimate of drug-likeness (QED) is 0.782. The zero-order valence-corrected chi connectivity index (χ0v) is 11.8. The first kappa shape index (κ1) is 14.5. The molecule has 106 valence electrons. The van der Waals surface area contributed by atoms with Gasteiger partial charge in [0.15, 0.2) is 0 Å². The molecule has 1 aliphatic carbocycles. The van der Waals surface area contributed by atoms with Crippen molar-refractivity contribution < 1.29 is 10.2 Å². The van der Waals surface area contributed by atoms with Gasteiger partial charge in [-0.25, -0.2) is 0 Å². The first-order valence-electron chi connectivity index (χ1n) is 7.18. The van der Waals surface area contributed by atoms with Gasteiger partial charge in [0, 0.05) is 6.04 Å². The van der Waals surface area contributed by atoms with Crippen LogP contribution in [0, 0.1) is 0 Å². The number of rotatable bonds is 4. The molecule has 3 heteroatoms. The lowest BCUT2D eigenvalue weighted by Crippen LogP contribution is -2.45. The van der Waals surface area contributed by atoms with Crippen LogP contribution in [0.3, 0.4) is 0 Å². The van der Waals surface area contributed by atoms with Crippen LogP contribution >= 0.6 is 0 Å². The molecule has 19 heavy (non-hydrogen) atoms. The number of aliphatic hydroxyl groups excluding tert-OH is 1. The molecular weight excluding hydrogens is 238 g/mol. The predicted octanol–water partition coefficient (Wildman–Crippen LogP) is 2.39. The van der Waals surface area contributed by atoms with Crippen LogP contribution in [0.25, 0.3) is 0 Å². The molecule has 1 atom stereocenters. The van der Waals surface area contributed by atoms with Crippen molar-refractivity contribution in [1.29, 1.82) is 0 Å². The molecule has 0 aromatic heterocycles. The van der Waals surface area contributed by atoms with E-state index in [2.05, 4.69) is 5.32 Å². The number of nitrogens with one attached hydrogen (secondary N) is 1. The number of aliphatic hydroxyl groups is 2. The molecular formula is C16H25NO2. The Bertz CT molecular complexity index is 377. The molecule has 1 aromatic rings. The van der Waals surface area contributed by atoms with Crippen molar-refractivity contribution in [1.82, 2.24) is 5.32 Å². The normalized spacial score (nSPS) is 26.1. The van der Waals surface area contributed by atoms with Crippen LogP contribution in [0.1, 0.15) is 51.1 Å². The molecule has 0 saturated heterocycles. The van der Waals surface area contributed by atoms with E-state index in [0.29, 0.717) is 6.04 Å². The maximum absolute atomic E-state index is 10.4. The molecule has 1 aliphatic rings. The average Bonchev–Trinajstić information content (AvgIpc) is 2.37. The third-order valence-corrected chi connectivity index (χ3v) is 3.94. The van der Waals surface area contributed by atoms with Gasteiger partial charge >= 0.3 is 0 Å². The summed E-state index contributed by atoms with van der Waals surface area (Å²) in [7, 11) is 0. The SMILES string of the molecule is CC(C)(O)[C@@H](NC1CCC(O)CC1)c1ccccc1. The Hall–Kier alpha value is -0.900. The lowest BCUT2D eigenvalue weighted by Gasteiger charge is -2.36. The second-order valence-electron chi connectivity index (χ2n) is 6.17. The van der Waals surface area contributed by atoms with E-state index in [9.17, 15) is 10.2 Å². The molecule has 0 spiro atoms. The van der Waals surface area contributed by atoms with E-state index in [0.717, 1.165) is 31.2 Å². The van der Waals surface area contributed by atoms with E-state index in [1.807, 2.05) is 44.2 Å². The van der Waals surface area contributed by atoms with Gasteiger partial charge in [-0.05, 0) is 45.1 Å². The van der Waals surface area contributed by atoms with Gasteiger partial charge in [-0.15, -0.1) is 0 Å². The highest BCUT2D eigenvalue weighted by atomic mass is 16.3. The molecule has 1 fully saturated rings. The molecule has 1 aromatic carbocycles. The second-order valence-corrected chi connectivity index (χ2v) is 6.17. The third-order valence-electron chi connectivity index (χ3n) is 3.94. The maximum Gasteiger partial charge on any atom is 0.0785 e. The minimum absolute atomic E-state index is 0.0751. The molecule has 2 rings (SSSR count). The largest absolute Gasteiger partial charge is 0.393 e. The zero-order valence-electron chi connectivity index (χ0n) is 11.8. The summed E-state index contributed by atoms with van der Waals surface area (Å²) >= 11 is 0. The highest BCUT2D eigenvalue weighted by Gasteiger charge is 2.31. The summed E-state index contributed by atoms with van der Waals surface area (Å²) in [6, 6.07) is 10.4. The first-order valence-corrected chi connectivity index (χ1v) is 7.18. The van der Waals surface area contributed by atoms with Crippen molar-refractivity contribution in [2.24, 2.45) is 0 Å². The van der Waals surface area contributed by atoms with Gasteiger partial charge in [-0.2, -0.15) is 0 Å². The lowest BCUT2D eigenvalue weighted by atomic mass is 9.87. The summed E-state index contributed by atoms with van der Waals surface area (Å²) in [5, 5.41) is 23.5. The maximum atomic E-state index is 10.4. The lowest BCUT2D eigenvalue weighted by molar-refractivity contribution is 0.0258. The Labute approximate surface area is 115 Å². The standard InChI is InChI=1S/C16H25NO2/c1-16(2,19)15(12-6-4-3-5-7-12)17-13-8-10-14(18)11-9-13/h3-7,13-15,17-19H,8-11H2,1-2H3/t13?,14?,15-/m0/s1. The Morgan fingerprint density at radius 1 is 1.11 bits per heavy atom. The van der Waals surface area contributed by atoms with Crippen LogP contribution in [-0.2, 0) is 0 Å². The van der Waals surface area contributed by atoms with Crippen LogP contribution in [-0.4, -0.2) is 28.0 Å². The van der Waals surface area contributed by atoms with Crippen LogP contribution < -0.4 is 5.32 Å². The van der Waals surface area contributed by atoms with E-state index >= 15 is 0 Å². The van der Waals surface area contributed by atoms with Crippen molar-refractivity contribution in [2.45, 2.75) is 63.3 Å². The summed E-state index contributed by atoms with van der Waals surface area (Å²) in [5.74, 6) is 0. The van der Waals surface area contributed by atoms with Gasteiger partial charge in [0.2, 0.25) is 0 Å². The summed E-state index contributed by atoms with van der Waals surface area (Å²) in [5.41, 5.74) is 0.304. The molecule has 1 saturated carbocycles. The Morgan fingerprint density at radius 2 is 1.68 bits per heavy atom. The fraction of sp³-hybridized carbons (Fsp3) is 0.625. The molecule has 3 N–H and O–H groups in total. The van der Waals surface area contributed by atoms with Gasteiger partial charge in [-0.1, -0.05) is 30.3 Å². The van der Waals surface area contributed by atoms with Crippen molar-refractivity contribution in [3.05, 3.63) is 35.9 Å². The molecule has 0 aliphatic heterocycles. The fourth-order valence-electron chi connectivity index (χ4n) is 2.83. The minimum atomic E-state index is -0.808. The van der Waals surface area contributed by atoms with Gasteiger partial charge < -0.3 is 15.5 Å².